The molecule has 0 bridgehead atoms. The average Bonchev–Trinajstić information content (AvgIpc) is 2.60. The van der Waals surface area contributed by atoms with Gasteiger partial charge in [-0.2, -0.15) is 0 Å². The molecule has 0 aliphatic rings. The molecular weight excluding hydrogens is 568 g/mol. The molecule has 1 rings (SSSR count). The first-order valence-electron chi connectivity index (χ1n) is 7.64. The predicted molar refractivity (Wildman–Crippen MR) is 113 cm³/mol. The van der Waals surface area contributed by atoms with Gasteiger partial charge in [0, 0.05) is 19.0 Å². The maximum atomic E-state index is 12.2. The van der Waals surface area contributed by atoms with Crippen LogP contribution in [0.1, 0.15) is 25.8 Å². The number of anilines is 1. The topological polar surface area (TPSA) is 114 Å². The minimum atomic E-state index is -0.809. The normalized spacial score (nSPS) is 12.5. The third-order valence-corrected chi connectivity index (χ3v) is 4.76. The first-order valence-corrected chi connectivity index (χ1v) is 10.1. The highest BCUT2D eigenvalue weighted by molar-refractivity contribution is 14.1. The van der Waals surface area contributed by atoms with Crippen molar-refractivity contribution in [1.29, 1.82) is 0 Å². The molecule has 0 fully saturated rings. The summed E-state index contributed by atoms with van der Waals surface area (Å²) in [6, 6.07) is 6.79. The van der Waals surface area contributed by atoms with Crippen LogP contribution < -0.4 is 16.0 Å². The molecular formula is C16H19I2N3O5. The second-order valence-electron chi connectivity index (χ2n) is 5.12. The Bertz CT molecular complexity index is 666. The first-order chi connectivity index (χ1) is 12.2. The molecule has 142 valence electrons. The van der Waals surface area contributed by atoms with Crippen molar-refractivity contribution in [2.75, 3.05) is 5.32 Å². The smallest absolute Gasteiger partial charge is 0.302 e. The van der Waals surface area contributed by atoms with E-state index in [1.807, 2.05) is 0 Å². The highest BCUT2D eigenvalue weighted by atomic mass is 127. The van der Waals surface area contributed by atoms with Crippen LogP contribution in [0.4, 0.5) is 5.69 Å². The van der Waals surface area contributed by atoms with Gasteiger partial charge in [0.1, 0.15) is 6.61 Å². The van der Waals surface area contributed by atoms with Crippen molar-refractivity contribution in [3.05, 3.63) is 29.8 Å². The Hall–Kier alpha value is -1.44. The van der Waals surface area contributed by atoms with E-state index in [0.29, 0.717) is 5.69 Å². The van der Waals surface area contributed by atoms with E-state index in [9.17, 15) is 19.2 Å². The largest absolute Gasteiger partial charge is 0.461 e. The summed E-state index contributed by atoms with van der Waals surface area (Å²) in [7, 11) is 0. The molecule has 1 aromatic carbocycles. The van der Waals surface area contributed by atoms with Gasteiger partial charge >= 0.3 is 5.97 Å². The van der Waals surface area contributed by atoms with E-state index in [1.54, 1.807) is 76.4 Å². The van der Waals surface area contributed by atoms with Gasteiger partial charge in [0.25, 0.3) is 11.8 Å². The fraction of sp³-hybridized carbons (Fsp3) is 0.375. The van der Waals surface area contributed by atoms with E-state index < -0.39 is 19.9 Å². The summed E-state index contributed by atoms with van der Waals surface area (Å²) in [5, 5.41) is 7.71. The van der Waals surface area contributed by atoms with Crippen LogP contribution in [0.5, 0.6) is 0 Å². The number of rotatable bonds is 8. The third kappa shape index (κ3) is 8.29. The van der Waals surface area contributed by atoms with Crippen molar-refractivity contribution in [3.63, 3.8) is 0 Å². The van der Waals surface area contributed by atoms with Gasteiger partial charge in [0.15, 0.2) is 8.10 Å². The Morgan fingerprint density at radius 2 is 1.58 bits per heavy atom. The fourth-order valence-corrected chi connectivity index (χ4v) is 2.64. The molecule has 10 heteroatoms. The molecule has 26 heavy (non-hydrogen) atoms. The number of esters is 1. The fourth-order valence-electron chi connectivity index (χ4n) is 1.65. The number of halogens is 2. The average molecular weight is 587 g/mol. The van der Waals surface area contributed by atoms with Crippen molar-refractivity contribution >= 4 is 74.6 Å². The second-order valence-corrected chi connectivity index (χ2v) is 7.61. The van der Waals surface area contributed by atoms with Crippen LogP contribution in [0.2, 0.25) is 0 Å². The zero-order chi connectivity index (χ0) is 19.7. The van der Waals surface area contributed by atoms with Crippen molar-refractivity contribution in [1.82, 2.24) is 10.6 Å². The highest BCUT2D eigenvalue weighted by Gasteiger charge is 2.22. The molecule has 8 nitrogen and oxygen atoms in total. The van der Waals surface area contributed by atoms with Crippen LogP contribution in [0.15, 0.2) is 24.3 Å². The Labute approximate surface area is 178 Å². The van der Waals surface area contributed by atoms with Crippen LogP contribution in [0, 0.1) is 0 Å². The Kier molecular flexibility index (Phi) is 9.83. The molecule has 0 aliphatic heterocycles. The summed E-state index contributed by atoms with van der Waals surface area (Å²) in [5.41, 5.74) is 1.33. The number of hydrogen-bond donors (Lipinski definition) is 3. The summed E-state index contributed by atoms with van der Waals surface area (Å²) in [6.45, 7) is 3.18. The molecule has 0 aliphatic carbocycles. The summed E-state index contributed by atoms with van der Waals surface area (Å²) < 4.78 is 3.32. The summed E-state index contributed by atoms with van der Waals surface area (Å²) >= 11 is 3.58. The van der Waals surface area contributed by atoms with Crippen LogP contribution in [0.3, 0.4) is 0 Å². The minimum Gasteiger partial charge on any atom is -0.461 e. The van der Waals surface area contributed by atoms with E-state index in [4.69, 9.17) is 4.74 Å². The first kappa shape index (κ1) is 22.6. The van der Waals surface area contributed by atoms with Gasteiger partial charge in [0.05, 0.1) is 0 Å². The maximum Gasteiger partial charge on any atom is 0.302 e. The number of ether oxygens (including phenoxy) is 1. The lowest BCUT2D eigenvalue weighted by molar-refractivity contribution is -0.142. The van der Waals surface area contributed by atoms with Gasteiger partial charge in [-0.3, -0.25) is 19.2 Å². The molecule has 0 radical (unpaired) electrons. The number of hydrogen-bond acceptors (Lipinski definition) is 5. The molecule has 0 saturated heterocycles. The molecule has 0 aromatic heterocycles. The zero-order valence-electron chi connectivity index (χ0n) is 14.2. The van der Waals surface area contributed by atoms with Crippen LogP contribution in [-0.4, -0.2) is 31.8 Å². The molecule has 1 aromatic rings. The highest BCUT2D eigenvalue weighted by Crippen LogP contribution is 2.12. The zero-order valence-corrected chi connectivity index (χ0v) is 18.5. The van der Waals surface area contributed by atoms with E-state index >= 15 is 0 Å². The summed E-state index contributed by atoms with van der Waals surface area (Å²) in [4.78, 5) is 46.2. The predicted octanol–water partition coefficient (Wildman–Crippen LogP) is 1.85. The number of carbonyl (C=O) groups excluding carboxylic acids is 4. The van der Waals surface area contributed by atoms with Gasteiger partial charge in [-0.1, -0.05) is 19.1 Å². The Morgan fingerprint density at radius 3 is 2.12 bits per heavy atom. The number of amides is 3. The third-order valence-electron chi connectivity index (χ3n) is 3.00. The Balaban J connectivity index is 2.52. The molecule has 0 heterocycles. The molecule has 0 spiro atoms. The van der Waals surface area contributed by atoms with E-state index in [1.165, 1.54) is 6.92 Å². The monoisotopic (exact) mass is 587 g/mol. The standard InChI is InChI=1S/C16H19I2N3O5/c1-3-12(23)20-13(17)16(25)21-14(18)15(24)19-11-6-4-10(5-7-11)8-26-9(2)22/h4-7,13-14H,3,8H2,1-2H3,(H,19,24)(H,20,23)(H,21,25)/t13-,14-/m1/s1. The van der Waals surface area contributed by atoms with Crippen molar-refractivity contribution in [3.8, 4) is 0 Å². The van der Waals surface area contributed by atoms with Gasteiger partial charge in [-0.05, 0) is 62.9 Å². The van der Waals surface area contributed by atoms with E-state index in [0.717, 1.165) is 5.56 Å². The Morgan fingerprint density at radius 1 is 1.00 bits per heavy atom. The maximum absolute atomic E-state index is 12.2. The van der Waals surface area contributed by atoms with E-state index in [-0.39, 0.29) is 24.9 Å². The quantitative estimate of drug-likeness (QED) is 0.186. The molecule has 3 amide bonds. The van der Waals surface area contributed by atoms with Crippen molar-refractivity contribution in [2.24, 2.45) is 0 Å². The molecule has 3 N–H and O–H groups in total. The number of alkyl halides is 2. The summed E-state index contributed by atoms with van der Waals surface area (Å²) in [5.74, 6) is -1.48. The van der Waals surface area contributed by atoms with E-state index in [2.05, 4.69) is 16.0 Å². The van der Waals surface area contributed by atoms with Gasteiger partial charge in [-0.15, -0.1) is 0 Å². The molecule has 0 saturated carbocycles. The molecule has 2 atom stereocenters. The number of carbonyl (C=O) groups is 4. The van der Waals surface area contributed by atoms with Crippen LogP contribution >= 0.6 is 45.2 Å². The summed E-state index contributed by atoms with van der Waals surface area (Å²) in [6.07, 6.45) is 0.272. The van der Waals surface area contributed by atoms with Crippen molar-refractivity contribution < 1.29 is 23.9 Å². The lowest BCUT2D eigenvalue weighted by atomic mass is 10.2. The van der Waals surface area contributed by atoms with Gasteiger partial charge in [-0.25, -0.2) is 0 Å². The number of nitrogens with one attached hydrogen (secondary N) is 3. The molecule has 0 unspecified atom stereocenters. The van der Waals surface area contributed by atoms with Gasteiger partial charge < -0.3 is 20.7 Å². The lowest BCUT2D eigenvalue weighted by Gasteiger charge is -2.16. The van der Waals surface area contributed by atoms with Crippen LogP contribution in [0.25, 0.3) is 0 Å². The second kappa shape index (κ2) is 11.3. The number of benzene rings is 1. The lowest BCUT2D eigenvalue weighted by Crippen LogP contribution is -2.48. The minimum absolute atomic E-state index is 0.162. The van der Waals surface area contributed by atoms with Gasteiger partial charge in [0.2, 0.25) is 5.91 Å². The van der Waals surface area contributed by atoms with Crippen LogP contribution in [-0.2, 0) is 30.5 Å². The SMILES string of the molecule is CCC(=O)N[C@@H](I)C(=O)N[C@@H](I)C(=O)Nc1ccc(COC(C)=O)cc1. The van der Waals surface area contributed by atoms with Crippen molar-refractivity contribution in [2.45, 2.75) is 35.0 Å².